The molecule has 1 heterocycles. The number of carbonyl (C=O) groups is 1. The molecule has 0 unspecified atom stereocenters. The van der Waals surface area contributed by atoms with Crippen LogP contribution in [0.4, 0.5) is 4.39 Å². The van der Waals surface area contributed by atoms with Gasteiger partial charge in [0.15, 0.2) is 0 Å². The Morgan fingerprint density at radius 3 is 2.77 bits per heavy atom. The lowest BCUT2D eigenvalue weighted by atomic mass is 10.2. The number of aromatic nitrogens is 2. The van der Waals surface area contributed by atoms with Crippen LogP contribution in [-0.2, 0) is 17.9 Å². The molecule has 1 aliphatic rings. The smallest absolute Gasteiger partial charge is 0.244 e. The lowest BCUT2D eigenvalue weighted by Gasteiger charge is -2.23. The first-order valence-electron chi connectivity index (χ1n) is 8.60. The summed E-state index contributed by atoms with van der Waals surface area (Å²) in [5.74, 6) is -0.392. The summed E-state index contributed by atoms with van der Waals surface area (Å²) in [5, 5.41) is 4.67. The number of halogens is 1. The summed E-state index contributed by atoms with van der Waals surface area (Å²) in [6, 6.07) is 13.6. The van der Waals surface area contributed by atoms with Crippen molar-refractivity contribution in [3.8, 4) is 0 Å². The minimum absolute atomic E-state index is 0.0482. The third-order valence-electron chi connectivity index (χ3n) is 4.60. The van der Waals surface area contributed by atoms with Crippen LogP contribution in [0.25, 0.3) is 10.9 Å². The van der Waals surface area contributed by atoms with Gasteiger partial charge in [0.05, 0.1) is 11.7 Å². The minimum Gasteiger partial charge on any atom is -0.334 e. The quantitative estimate of drug-likeness (QED) is 0.710. The third kappa shape index (κ3) is 3.35. The molecule has 1 aliphatic carbocycles. The number of fused-ring (bicyclic) bond motifs is 1. The number of nitrogens with zero attached hydrogens (tertiary/aromatic N) is 3. The Morgan fingerprint density at radius 2 is 2.00 bits per heavy atom. The molecular formula is C20H18FN3O2. The van der Waals surface area contributed by atoms with Gasteiger partial charge in [-0.1, -0.05) is 24.3 Å². The maximum Gasteiger partial charge on any atom is 0.244 e. The van der Waals surface area contributed by atoms with Crippen LogP contribution in [0.5, 0.6) is 0 Å². The average Bonchev–Trinajstić information content (AvgIpc) is 3.47. The van der Waals surface area contributed by atoms with Crippen molar-refractivity contribution in [2.75, 3.05) is 0 Å². The molecule has 0 atom stereocenters. The number of rotatable bonds is 5. The molecule has 1 saturated carbocycles. The van der Waals surface area contributed by atoms with Crippen molar-refractivity contribution < 1.29 is 9.18 Å². The van der Waals surface area contributed by atoms with Crippen LogP contribution in [0.2, 0.25) is 0 Å². The SMILES string of the molecule is O=C(Cn1ncc(=O)c2ccccc21)N(Cc1cccc(F)c1)C1CC1. The van der Waals surface area contributed by atoms with E-state index in [0.29, 0.717) is 17.4 Å². The van der Waals surface area contributed by atoms with E-state index in [1.165, 1.54) is 18.3 Å². The maximum atomic E-state index is 13.4. The first kappa shape index (κ1) is 16.4. The topological polar surface area (TPSA) is 55.2 Å². The normalized spacial score (nSPS) is 13.7. The van der Waals surface area contributed by atoms with Crippen molar-refractivity contribution >= 4 is 16.8 Å². The van der Waals surface area contributed by atoms with Gasteiger partial charge in [-0.15, -0.1) is 0 Å². The number of hydrogen-bond acceptors (Lipinski definition) is 3. The van der Waals surface area contributed by atoms with Crippen LogP contribution >= 0.6 is 0 Å². The van der Waals surface area contributed by atoms with Crippen molar-refractivity contribution in [3.05, 3.63) is 76.3 Å². The molecular weight excluding hydrogens is 333 g/mol. The van der Waals surface area contributed by atoms with E-state index in [2.05, 4.69) is 5.10 Å². The highest BCUT2D eigenvalue weighted by Gasteiger charge is 2.32. The minimum atomic E-state index is -0.307. The van der Waals surface area contributed by atoms with Gasteiger partial charge in [-0.3, -0.25) is 14.3 Å². The second-order valence-corrected chi connectivity index (χ2v) is 6.57. The Labute approximate surface area is 149 Å². The van der Waals surface area contributed by atoms with Crippen molar-refractivity contribution in [1.82, 2.24) is 14.7 Å². The lowest BCUT2D eigenvalue weighted by Crippen LogP contribution is -2.36. The largest absolute Gasteiger partial charge is 0.334 e. The molecule has 1 amide bonds. The van der Waals surface area contributed by atoms with E-state index in [1.807, 2.05) is 12.1 Å². The lowest BCUT2D eigenvalue weighted by molar-refractivity contribution is -0.133. The predicted molar refractivity (Wildman–Crippen MR) is 96.0 cm³/mol. The van der Waals surface area contributed by atoms with Crippen molar-refractivity contribution in [3.63, 3.8) is 0 Å². The fraction of sp³-hybridized carbons (Fsp3) is 0.250. The van der Waals surface area contributed by atoms with Crippen LogP contribution in [0.15, 0.2) is 59.5 Å². The van der Waals surface area contributed by atoms with E-state index in [0.717, 1.165) is 18.4 Å². The van der Waals surface area contributed by atoms with E-state index in [1.54, 1.807) is 33.8 Å². The van der Waals surface area contributed by atoms with Gasteiger partial charge in [-0.25, -0.2) is 4.39 Å². The van der Waals surface area contributed by atoms with Crippen molar-refractivity contribution in [1.29, 1.82) is 0 Å². The molecule has 0 spiro atoms. The van der Waals surface area contributed by atoms with Gasteiger partial charge < -0.3 is 4.90 Å². The summed E-state index contributed by atoms with van der Waals surface area (Å²) in [4.78, 5) is 26.6. The molecule has 0 saturated heterocycles. The Kier molecular flexibility index (Phi) is 4.24. The zero-order valence-corrected chi connectivity index (χ0v) is 14.1. The zero-order valence-electron chi connectivity index (χ0n) is 14.1. The van der Waals surface area contributed by atoms with E-state index in [9.17, 15) is 14.0 Å². The monoisotopic (exact) mass is 351 g/mol. The Bertz CT molecular complexity index is 1030. The van der Waals surface area contributed by atoms with Gasteiger partial charge in [0, 0.05) is 18.0 Å². The van der Waals surface area contributed by atoms with Crippen LogP contribution in [-0.4, -0.2) is 26.6 Å². The zero-order chi connectivity index (χ0) is 18.1. The molecule has 0 N–H and O–H groups in total. The highest BCUT2D eigenvalue weighted by molar-refractivity contribution is 5.81. The van der Waals surface area contributed by atoms with Crippen molar-refractivity contribution in [2.45, 2.75) is 32.0 Å². The third-order valence-corrected chi connectivity index (χ3v) is 4.60. The van der Waals surface area contributed by atoms with E-state index in [4.69, 9.17) is 0 Å². The molecule has 4 rings (SSSR count). The summed E-state index contributed by atoms with van der Waals surface area (Å²) < 4.78 is 15.0. The first-order chi connectivity index (χ1) is 12.6. The summed E-state index contributed by atoms with van der Waals surface area (Å²) in [6.07, 6.45) is 3.16. The van der Waals surface area contributed by atoms with E-state index in [-0.39, 0.29) is 29.7 Å². The van der Waals surface area contributed by atoms with Crippen LogP contribution < -0.4 is 5.43 Å². The van der Waals surface area contributed by atoms with Crippen LogP contribution in [0, 0.1) is 5.82 Å². The van der Waals surface area contributed by atoms with E-state index < -0.39 is 0 Å². The molecule has 26 heavy (non-hydrogen) atoms. The van der Waals surface area contributed by atoms with Gasteiger partial charge >= 0.3 is 0 Å². The molecule has 2 aromatic carbocycles. The van der Waals surface area contributed by atoms with E-state index >= 15 is 0 Å². The Hall–Kier alpha value is -3.02. The molecule has 1 aromatic heterocycles. The predicted octanol–water partition coefficient (Wildman–Crippen LogP) is 2.73. The van der Waals surface area contributed by atoms with Gasteiger partial charge in [0.1, 0.15) is 12.4 Å². The molecule has 1 fully saturated rings. The number of hydrogen-bond donors (Lipinski definition) is 0. The second-order valence-electron chi connectivity index (χ2n) is 6.57. The molecule has 6 heteroatoms. The molecule has 0 bridgehead atoms. The summed E-state index contributed by atoms with van der Waals surface area (Å²) in [5.41, 5.74) is 1.24. The van der Waals surface area contributed by atoms with Gasteiger partial charge in [-0.05, 0) is 42.7 Å². The Balaban J connectivity index is 1.60. The van der Waals surface area contributed by atoms with Gasteiger partial charge in [0.25, 0.3) is 0 Å². The number of benzene rings is 2. The molecule has 0 aliphatic heterocycles. The highest BCUT2D eigenvalue weighted by Crippen LogP contribution is 2.29. The molecule has 3 aromatic rings. The average molecular weight is 351 g/mol. The van der Waals surface area contributed by atoms with Gasteiger partial charge in [0.2, 0.25) is 11.3 Å². The number of amides is 1. The maximum absolute atomic E-state index is 13.4. The Morgan fingerprint density at radius 1 is 1.19 bits per heavy atom. The van der Waals surface area contributed by atoms with Crippen LogP contribution in [0.1, 0.15) is 18.4 Å². The standard InChI is InChI=1S/C20H18FN3O2/c21-15-5-3-4-14(10-15)12-23(16-8-9-16)20(26)13-24-18-7-2-1-6-17(18)19(25)11-22-24/h1-7,10-11,16H,8-9,12-13H2. The number of carbonyl (C=O) groups excluding carboxylic acids is 1. The fourth-order valence-corrected chi connectivity index (χ4v) is 3.15. The molecule has 5 nitrogen and oxygen atoms in total. The molecule has 0 radical (unpaired) electrons. The summed E-state index contributed by atoms with van der Waals surface area (Å²) >= 11 is 0. The second kappa shape index (κ2) is 6.71. The number of para-hydroxylation sites is 1. The fourth-order valence-electron chi connectivity index (χ4n) is 3.15. The first-order valence-corrected chi connectivity index (χ1v) is 8.60. The molecule has 132 valence electrons. The summed E-state index contributed by atoms with van der Waals surface area (Å²) in [6.45, 7) is 0.423. The van der Waals surface area contributed by atoms with Crippen molar-refractivity contribution in [2.24, 2.45) is 0 Å². The summed E-state index contributed by atoms with van der Waals surface area (Å²) in [7, 11) is 0. The van der Waals surface area contributed by atoms with Crippen LogP contribution in [0.3, 0.4) is 0 Å². The highest BCUT2D eigenvalue weighted by atomic mass is 19.1. The van der Waals surface area contributed by atoms with Gasteiger partial charge in [-0.2, -0.15) is 5.10 Å².